The van der Waals surface area contributed by atoms with Crippen LogP contribution in [-0.2, 0) is 14.8 Å². The highest BCUT2D eigenvalue weighted by molar-refractivity contribution is 7.91. The molecule has 0 aromatic carbocycles. The Hall–Kier alpha value is -1.78. The molecule has 0 unspecified atom stereocenters. The minimum Gasteiger partial charge on any atom is -0.342 e. The van der Waals surface area contributed by atoms with Gasteiger partial charge in [-0.25, -0.2) is 8.42 Å². The third-order valence-electron chi connectivity index (χ3n) is 5.61. The smallest absolute Gasteiger partial charge is 0.252 e. The normalized spacial score (nSPS) is 21.8. The standard InChI is InChI=1S/C19H26N4O4S2/c1-14-20-18(21-27-14)16-11-17(28-13-16)29(25,26)23-10-6-7-15(12-23)19(24)22-8-4-2-3-5-9-22/h11,13,15H,2-10,12H2,1H3/t15-/m0/s1. The monoisotopic (exact) mass is 438 g/mol. The topological polar surface area (TPSA) is 96.6 Å². The molecule has 4 heterocycles. The second kappa shape index (κ2) is 8.53. The number of aryl methyl sites for hydroxylation is 1. The highest BCUT2D eigenvalue weighted by Gasteiger charge is 2.36. The van der Waals surface area contributed by atoms with Crippen LogP contribution in [-0.4, -0.2) is 59.8 Å². The molecule has 1 atom stereocenters. The summed E-state index contributed by atoms with van der Waals surface area (Å²) in [6.07, 6.45) is 5.85. The number of piperidine rings is 1. The highest BCUT2D eigenvalue weighted by Crippen LogP contribution is 2.31. The lowest BCUT2D eigenvalue weighted by atomic mass is 9.98. The van der Waals surface area contributed by atoms with Gasteiger partial charge in [0.1, 0.15) is 4.21 Å². The van der Waals surface area contributed by atoms with E-state index in [-0.39, 0.29) is 22.6 Å². The average Bonchev–Trinajstić information content (AvgIpc) is 3.30. The average molecular weight is 439 g/mol. The fourth-order valence-electron chi connectivity index (χ4n) is 4.02. The molecule has 8 nitrogen and oxygen atoms in total. The number of carbonyl (C=O) groups is 1. The van der Waals surface area contributed by atoms with Crippen molar-refractivity contribution in [1.29, 1.82) is 0 Å². The zero-order valence-electron chi connectivity index (χ0n) is 16.5. The van der Waals surface area contributed by atoms with Gasteiger partial charge in [-0.15, -0.1) is 11.3 Å². The van der Waals surface area contributed by atoms with Gasteiger partial charge in [0.2, 0.25) is 17.6 Å². The van der Waals surface area contributed by atoms with E-state index in [0.717, 1.165) is 56.5 Å². The largest absolute Gasteiger partial charge is 0.342 e. The van der Waals surface area contributed by atoms with Crippen LogP contribution in [0.15, 0.2) is 20.2 Å². The summed E-state index contributed by atoms with van der Waals surface area (Å²) in [5.74, 6) is 0.673. The molecule has 0 aliphatic carbocycles. The second-order valence-electron chi connectivity index (χ2n) is 7.73. The first-order chi connectivity index (χ1) is 13.9. The highest BCUT2D eigenvalue weighted by atomic mass is 32.2. The molecule has 2 aliphatic heterocycles. The maximum absolute atomic E-state index is 13.2. The molecule has 0 radical (unpaired) electrons. The van der Waals surface area contributed by atoms with Crippen LogP contribution in [0, 0.1) is 12.8 Å². The van der Waals surface area contributed by atoms with Crippen molar-refractivity contribution in [2.24, 2.45) is 5.92 Å². The Morgan fingerprint density at radius 2 is 1.93 bits per heavy atom. The molecule has 29 heavy (non-hydrogen) atoms. The van der Waals surface area contributed by atoms with E-state index in [0.29, 0.717) is 30.2 Å². The van der Waals surface area contributed by atoms with Crippen LogP contribution in [0.5, 0.6) is 0 Å². The molecule has 2 aromatic heterocycles. The molecule has 2 aromatic rings. The van der Waals surface area contributed by atoms with Crippen molar-refractivity contribution in [2.45, 2.75) is 49.7 Å². The summed E-state index contributed by atoms with van der Waals surface area (Å²) < 4.78 is 33.1. The zero-order chi connectivity index (χ0) is 20.4. The van der Waals surface area contributed by atoms with Crippen LogP contribution >= 0.6 is 11.3 Å². The summed E-state index contributed by atoms with van der Waals surface area (Å²) in [6.45, 7) is 3.98. The van der Waals surface area contributed by atoms with E-state index in [2.05, 4.69) is 10.1 Å². The Kier molecular flexibility index (Phi) is 6.03. The number of thiophene rings is 1. The predicted molar refractivity (Wildman–Crippen MR) is 109 cm³/mol. The molecular weight excluding hydrogens is 412 g/mol. The fraction of sp³-hybridized carbons (Fsp3) is 0.632. The fourth-order valence-corrected chi connectivity index (χ4v) is 6.86. The second-order valence-corrected chi connectivity index (χ2v) is 10.8. The van der Waals surface area contributed by atoms with Gasteiger partial charge in [0.05, 0.1) is 5.92 Å². The first-order valence-corrected chi connectivity index (χ1v) is 12.5. The molecule has 2 saturated heterocycles. The summed E-state index contributed by atoms with van der Waals surface area (Å²) in [5, 5.41) is 5.57. The number of hydrogen-bond acceptors (Lipinski definition) is 7. The van der Waals surface area contributed by atoms with Gasteiger partial charge < -0.3 is 9.42 Å². The van der Waals surface area contributed by atoms with Crippen molar-refractivity contribution >= 4 is 27.3 Å². The molecule has 0 spiro atoms. The molecule has 10 heteroatoms. The van der Waals surface area contributed by atoms with Crippen LogP contribution in [0.1, 0.15) is 44.4 Å². The lowest BCUT2D eigenvalue weighted by molar-refractivity contribution is -0.136. The number of amides is 1. The van der Waals surface area contributed by atoms with Crippen molar-refractivity contribution < 1.29 is 17.7 Å². The molecule has 2 aliphatic rings. The van der Waals surface area contributed by atoms with Crippen LogP contribution in [0.25, 0.3) is 11.4 Å². The summed E-state index contributed by atoms with van der Waals surface area (Å²) in [4.78, 5) is 19.1. The lowest BCUT2D eigenvalue weighted by Crippen LogP contribution is -2.46. The van der Waals surface area contributed by atoms with E-state index in [4.69, 9.17) is 4.52 Å². The summed E-state index contributed by atoms with van der Waals surface area (Å²) in [6, 6.07) is 1.59. The van der Waals surface area contributed by atoms with E-state index in [1.807, 2.05) is 4.90 Å². The van der Waals surface area contributed by atoms with Gasteiger partial charge in [-0.05, 0) is 31.7 Å². The Balaban J connectivity index is 1.48. The van der Waals surface area contributed by atoms with E-state index in [1.165, 1.54) is 4.31 Å². The molecule has 0 bridgehead atoms. The Morgan fingerprint density at radius 3 is 2.62 bits per heavy atom. The first kappa shape index (κ1) is 20.5. The SMILES string of the molecule is Cc1nc(-c2csc(S(=O)(=O)N3CCC[C@H](C(=O)N4CCCCCC4)C3)c2)no1. The summed E-state index contributed by atoms with van der Waals surface area (Å²) >= 11 is 1.15. The van der Waals surface area contributed by atoms with Gasteiger partial charge in [-0.1, -0.05) is 18.0 Å². The Labute approximate surface area is 174 Å². The molecule has 0 saturated carbocycles. The number of sulfonamides is 1. The minimum atomic E-state index is -3.65. The molecule has 2 fully saturated rings. The third-order valence-corrected chi connectivity index (χ3v) is 8.89. The number of likely N-dealkylation sites (tertiary alicyclic amines) is 1. The Bertz CT molecular complexity index is 961. The summed E-state index contributed by atoms with van der Waals surface area (Å²) in [7, 11) is -3.65. The number of hydrogen-bond donors (Lipinski definition) is 0. The van der Waals surface area contributed by atoms with Crippen LogP contribution in [0.3, 0.4) is 0 Å². The van der Waals surface area contributed by atoms with Crippen molar-refractivity contribution in [2.75, 3.05) is 26.2 Å². The van der Waals surface area contributed by atoms with E-state index >= 15 is 0 Å². The Morgan fingerprint density at radius 1 is 1.17 bits per heavy atom. The zero-order valence-corrected chi connectivity index (χ0v) is 18.2. The number of carbonyl (C=O) groups excluding carboxylic acids is 1. The maximum atomic E-state index is 13.2. The van der Waals surface area contributed by atoms with Gasteiger partial charge >= 0.3 is 0 Å². The van der Waals surface area contributed by atoms with E-state index < -0.39 is 10.0 Å². The third kappa shape index (κ3) is 4.39. The molecular formula is C19H26N4O4S2. The van der Waals surface area contributed by atoms with Crippen LogP contribution in [0.4, 0.5) is 0 Å². The number of aromatic nitrogens is 2. The van der Waals surface area contributed by atoms with Crippen molar-refractivity contribution in [3.8, 4) is 11.4 Å². The van der Waals surface area contributed by atoms with Crippen LogP contribution < -0.4 is 0 Å². The molecule has 158 valence electrons. The van der Waals surface area contributed by atoms with Crippen molar-refractivity contribution in [3.05, 3.63) is 17.3 Å². The molecule has 4 rings (SSSR count). The van der Waals surface area contributed by atoms with E-state index in [1.54, 1.807) is 18.4 Å². The van der Waals surface area contributed by atoms with Gasteiger partial charge in [0.25, 0.3) is 10.0 Å². The van der Waals surface area contributed by atoms with Gasteiger partial charge in [0, 0.05) is 44.0 Å². The lowest BCUT2D eigenvalue weighted by Gasteiger charge is -2.33. The molecule has 0 N–H and O–H groups in total. The quantitative estimate of drug-likeness (QED) is 0.728. The number of rotatable bonds is 4. The minimum absolute atomic E-state index is 0.112. The predicted octanol–water partition coefficient (Wildman–Crippen LogP) is 2.91. The molecule has 1 amide bonds. The van der Waals surface area contributed by atoms with Gasteiger partial charge in [0.15, 0.2) is 0 Å². The van der Waals surface area contributed by atoms with Crippen molar-refractivity contribution in [3.63, 3.8) is 0 Å². The van der Waals surface area contributed by atoms with Crippen molar-refractivity contribution in [1.82, 2.24) is 19.3 Å². The van der Waals surface area contributed by atoms with Gasteiger partial charge in [-0.2, -0.15) is 9.29 Å². The maximum Gasteiger partial charge on any atom is 0.252 e. The summed E-state index contributed by atoms with van der Waals surface area (Å²) in [5.41, 5.74) is 0.625. The van der Waals surface area contributed by atoms with Gasteiger partial charge in [-0.3, -0.25) is 4.79 Å². The number of nitrogens with zero attached hydrogens (tertiary/aromatic N) is 4. The first-order valence-electron chi connectivity index (χ1n) is 10.1. The van der Waals surface area contributed by atoms with Crippen LogP contribution in [0.2, 0.25) is 0 Å². The van der Waals surface area contributed by atoms with E-state index in [9.17, 15) is 13.2 Å².